The van der Waals surface area contributed by atoms with Crippen molar-refractivity contribution in [2.24, 2.45) is 0 Å². The van der Waals surface area contributed by atoms with E-state index in [0.717, 1.165) is 26.1 Å². The van der Waals surface area contributed by atoms with Gasteiger partial charge in [-0.25, -0.2) is 0 Å². The first kappa shape index (κ1) is 10.8. The summed E-state index contributed by atoms with van der Waals surface area (Å²) < 4.78 is 0. The van der Waals surface area contributed by atoms with Crippen molar-refractivity contribution in [2.45, 2.75) is 12.5 Å². The highest BCUT2D eigenvalue weighted by molar-refractivity contribution is 5.79. The summed E-state index contributed by atoms with van der Waals surface area (Å²) in [5, 5.41) is 4.78. The number of nitrogens with one attached hydrogen (secondary N) is 2. The number of hydrogen-bond donors (Lipinski definition) is 2. The topological polar surface area (TPSA) is 31.1 Å². The number of nitrogens with zero attached hydrogens (tertiary/aromatic N) is 1. The zero-order chi connectivity index (χ0) is 11.7. The molecule has 1 aromatic heterocycles. The van der Waals surface area contributed by atoms with Crippen molar-refractivity contribution >= 4 is 10.9 Å². The first-order chi connectivity index (χ1) is 8.33. The molecule has 3 nitrogen and oxygen atoms in total. The van der Waals surface area contributed by atoms with Crippen LogP contribution in [-0.2, 0) is 6.42 Å². The van der Waals surface area contributed by atoms with Gasteiger partial charge in [0.15, 0.2) is 0 Å². The molecule has 0 aliphatic carbocycles. The van der Waals surface area contributed by atoms with E-state index < -0.39 is 0 Å². The van der Waals surface area contributed by atoms with Gasteiger partial charge in [-0.1, -0.05) is 6.07 Å². The zero-order valence-electron chi connectivity index (χ0n) is 10.2. The van der Waals surface area contributed by atoms with Crippen LogP contribution in [0.5, 0.6) is 0 Å². The summed E-state index contributed by atoms with van der Waals surface area (Å²) in [5.41, 5.74) is 2.65. The van der Waals surface area contributed by atoms with Crippen LogP contribution in [-0.4, -0.2) is 42.6 Å². The number of fused-ring (bicyclic) bond motifs is 1. The monoisotopic (exact) mass is 229 g/mol. The molecule has 2 N–H and O–H groups in total. The minimum atomic E-state index is 0.625. The molecule has 1 fully saturated rings. The molecule has 1 aliphatic heterocycles. The number of piperazine rings is 1. The summed E-state index contributed by atoms with van der Waals surface area (Å²) in [4.78, 5) is 5.69. The average Bonchev–Trinajstić information content (AvgIpc) is 2.79. The summed E-state index contributed by atoms with van der Waals surface area (Å²) in [6.07, 6.45) is 3.13. The first-order valence-electron chi connectivity index (χ1n) is 6.30. The van der Waals surface area contributed by atoms with Crippen LogP contribution in [0.25, 0.3) is 10.9 Å². The van der Waals surface area contributed by atoms with Crippen molar-refractivity contribution in [3.05, 3.63) is 36.0 Å². The van der Waals surface area contributed by atoms with E-state index in [4.69, 9.17) is 0 Å². The second-order valence-electron chi connectivity index (χ2n) is 4.94. The van der Waals surface area contributed by atoms with Gasteiger partial charge in [-0.3, -0.25) is 0 Å². The maximum absolute atomic E-state index is 3.47. The third kappa shape index (κ3) is 2.21. The second-order valence-corrected chi connectivity index (χ2v) is 4.94. The van der Waals surface area contributed by atoms with Crippen molar-refractivity contribution in [1.29, 1.82) is 0 Å². The fourth-order valence-electron chi connectivity index (χ4n) is 2.59. The number of aromatic amines is 1. The Labute approximate surface area is 102 Å². The SMILES string of the molecule is CN1CCNCC1Cc1ccc2[nH]ccc2c1. The van der Waals surface area contributed by atoms with Crippen molar-refractivity contribution < 1.29 is 0 Å². The summed E-state index contributed by atoms with van der Waals surface area (Å²) in [7, 11) is 2.22. The third-order valence-corrected chi connectivity index (χ3v) is 3.73. The lowest BCUT2D eigenvalue weighted by Gasteiger charge is -2.33. The van der Waals surface area contributed by atoms with Gasteiger partial charge in [0, 0.05) is 37.4 Å². The van der Waals surface area contributed by atoms with Crippen molar-refractivity contribution in [1.82, 2.24) is 15.2 Å². The highest BCUT2D eigenvalue weighted by Crippen LogP contribution is 2.17. The van der Waals surface area contributed by atoms with E-state index in [9.17, 15) is 0 Å². The number of rotatable bonds is 2. The van der Waals surface area contributed by atoms with Crippen LogP contribution in [0, 0.1) is 0 Å². The van der Waals surface area contributed by atoms with E-state index in [0.29, 0.717) is 6.04 Å². The highest BCUT2D eigenvalue weighted by atomic mass is 15.2. The van der Waals surface area contributed by atoms with Crippen LogP contribution >= 0.6 is 0 Å². The zero-order valence-corrected chi connectivity index (χ0v) is 10.2. The van der Waals surface area contributed by atoms with Crippen LogP contribution in [0.2, 0.25) is 0 Å². The van der Waals surface area contributed by atoms with E-state index in [1.165, 1.54) is 16.5 Å². The maximum atomic E-state index is 3.47. The summed E-state index contributed by atoms with van der Waals surface area (Å²) >= 11 is 0. The smallest absolute Gasteiger partial charge is 0.0454 e. The first-order valence-corrected chi connectivity index (χ1v) is 6.30. The minimum Gasteiger partial charge on any atom is -0.361 e. The lowest BCUT2D eigenvalue weighted by Crippen LogP contribution is -2.50. The molecule has 1 unspecified atom stereocenters. The highest BCUT2D eigenvalue weighted by Gasteiger charge is 2.18. The molecule has 17 heavy (non-hydrogen) atoms. The predicted molar refractivity (Wildman–Crippen MR) is 71.3 cm³/mol. The molecule has 0 spiro atoms. The van der Waals surface area contributed by atoms with Crippen LogP contribution in [0.4, 0.5) is 0 Å². The largest absolute Gasteiger partial charge is 0.361 e. The molecule has 1 saturated heterocycles. The Morgan fingerprint density at radius 1 is 1.35 bits per heavy atom. The molecule has 2 aromatic rings. The van der Waals surface area contributed by atoms with E-state index in [1.807, 2.05) is 6.20 Å². The van der Waals surface area contributed by atoms with E-state index in [1.54, 1.807) is 0 Å². The maximum Gasteiger partial charge on any atom is 0.0454 e. The fourth-order valence-corrected chi connectivity index (χ4v) is 2.59. The van der Waals surface area contributed by atoms with Gasteiger partial charge >= 0.3 is 0 Å². The molecule has 0 saturated carbocycles. The number of likely N-dealkylation sites (N-methyl/N-ethyl adjacent to an activating group) is 1. The van der Waals surface area contributed by atoms with E-state index in [2.05, 4.69) is 46.5 Å². The molecule has 1 aromatic carbocycles. The van der Waals surface area contributed by atoms with E-state index >= 15 is 0 Å². The molecule has 1 atom stereocenters. The molecule has 90 valence electrons. The van der Waals surface area contributed by atoms with Crippen molar-refractivity contribution in [3.8, 4) is 0 Å². The molecular formula is C14H19N3. The number of hydrogen-bond acceptors (Lipinski definition) is 2. The average molecular weight is 229 g/mol. The second kappa shape index (κ2) is 4.51. The summed E-state index contributed by atoms with van der Waals surface area (Å²) in [5.74, 6) is 0. The molecule has 3 heteroatoms. The van der Waals surface area contributed by atoms with Crippen molar-refractivity contribution in [2.75, 3.05) is 26.7 Å². The van der Waals surface area contributed by atoms with Crippen LogP contribution in [0.3, 0.4) is 0 Å². The normalized spacial score (nSPS) is 22.1. The minimum absolute atomic E-state index is 0.625. The molecular weight excluding hydrogens is 210 g/mol. The third-order valence-electron chi connectivity index (χ3n) is 3.73. The molecule has 1 aliphatic rings. The molecule has 3 rings (SSSR count). The van der Waals surface area contributed by atoms with Gasteiger partial charge in [0.05, 0.1) is 0 Å². The van der Waals surface area contributed by atoms with E-state index in [-0.39, 0.29) is 0 Å². The van der Waals surface area contributed by atoms with Gasteiger partial charge < -0.3 is 15.2 Å². The van der Waals surface area contributed by atoms with Gasteiger partial charge in [-0.2, -0.15) is 0 Å². The molecule has 0 bridgehead atoms. The quantitative estimate of drug-likeness (QED) is 0.820. The van der Waals surface area contributed by atoms with Crippen molar-refractivity contribution in [3.63, 3.8) is 0 Å². The van der Waals surface area contributed by atoms with Crippen LogP contribution in [0.15, 0.2) is 30.5 Å². The lowest BCUT2D eigenvalue weighted by atomic mass is 10.0. The van der Waals surface area contributed by atoms with Crippen LogP contribution in [0.1, 0.15) is 5.56 Å². The Morgan fingerprint density at radius 2 is 2.29 bits per heavy atom. The van der Waals surface area contributed by atoms with Gasteiger partial charge in [0.2, 0.25) is 0 Å². The van der Waals surface area contributed by atoms with Crippen LogP contribution < -0.4 is 5.32 Å². The molecule has 2 heterocycles. The van der Waals surface area contributed by atoms with Gasteiger partial charge in [-0.15, -0.1) is 0 Å². The standard InChI is InChI=1S/C14H19N3/c1-17-7-6-15-10-13(17)9-11-2-3-14-12(8-11)4-5-16-14/h2-5,8,13,15-16H,6-7,9-10H2,1H3. The number of benzene rings is 1. The summed E-state index contributed by atoms with van der Waals surface area (Å²) in [6, 6.07) is 9.48. The Hall–Kier alpha value is -1.32. The molecule has 0 radical (unpaired) electrons. The number of aromatic nitrogens is 1. The number of H-pyrrole nitrogens is 1. The predicted octanol–water partition coefficient (Wildman–Crippen LogP) is 1.61. The molecule has 0 amide bonds. The Bertz CT molecular complexity index is 503. The lowest BCUT2D eigenvalue weighted by molar-refractivity contribution is 0.199. The summed E-state index contributed by atoms with van der Waals surface area (Å²) in [6.45, 7) is 3.36. The Morgan fingerprint density at radius 3 is 3.18 bits per heavy atom. The Kier molecular flexibility index (Phi) is 2.87. The van der Waals surface area contributed by atoms with Gasteiger partial charge in [0.1, 0.15) is 0 Å². The van der Waals surface area contributed by atoms with Gasteiger partial charge in [-0.05, 0) is 42.6 Å². The van der Waals surface area contributed by atoms with Gasteiger partial charge in [0.25, 0.3) is 0 Å². The Balaban J connectivity index is 1.79. The fraction of sp³-hybridized carbons (Fsp3) is 0.429.